The van der Waals surface area contributed by atoms with Crippen molar-refractivity contribution in [3.8, 4) is 11.8 Å². The molecule has 36 heavy (non-hydrogen) atoms. The molecule has 1 aliphatic rings. The molecule has 0 bridgehead atoms. The first-order valence-electron chi connectivity index (χ1n) is 11.1. The Morgan fingerprint density at radius 1 is 1.11 bits per heavy atom. The van der Waals surface area contributed by atoms with E-state index in [0.717, 1.165) is 5.56 Å². The van der Waals surface area contributed by atoms with Crippen LogP contribution in [0.5, 0.6) is 5.75 Å². The second kappa shape index (κ2) is 11.6. The van der Waals surface area contributed by atoms with Gasteiger partial charge >= 0.3 is 0 Å². The molecule has 0 spiro atoms. The molecule has 5 nitrogen and oxygen atoms in total. The summed E-state index contributed by atoms with van der Waals surface area (Å²) < 4.78 is 5.39. The Labute approximate surface area is 224 Å². The van der Waals surface area contributed by atoms with E-state index in [-0.39, 0.29) is 5.91 Å². The van der Waals surface area contributed by atoms with E-state index in [1.165, 1.54) is 11.8 Å². The molecule has 0 aliphatic carbocycles. The van der Waals surface area contributed by atoms with Crippen LogP contribution in [0.2, 0.25) is 10.0 Å². The number of anilines is 1. The number of benzene rings is 3. The van der Waals surface area contributed by atoms with Crippen molar-refractivity contribution in [1.82, 2.24) is 5.32 Å². The van der Waals surface area contributed by atoms with E-state index in [4.69, 9.17) is 27.9 Å². The Hall–Kier alpha value is -3.37. The standard InChI is InChI=1S/C28H23Cl2N3O2S/c1-17-25(27(34)33-23-10-6-7-11-24(23)35-2)26(20-13-12-19(29)14-22(20)30)21(15-31)28(32-17)36-16-18-8-4-3-5-9-18/h3-14,26,32H,16H2,1-2H3,(H,33,34). The monoisotopic (exact) mass is 535 g/mol. The van der Waals surface area contributed by atoms with Gasteiger partial charge in [0, 0.05) is 27.1 Å². The summed E-state index contributed by atoms with van der Waals surface area (Å²) in [6.07, 6.45) is 0. The quantitative estimate of drug-likeness (QED) is 0.332. The van der Waals surface area contributed by atoms with Gasteiger partial charge in [0.2, 0.25) is 0 Å². The van der Waals surface area contributed by atoms with Crippen molar-refractivity contribution in [3.63, 3.8) is 0 Å². The maximum Gasteiger partial charge on any atom is 0.254 e. The van der Waals surface area contributed by atoms with Crippen molar-refractivity contribution < 1.29 is 9.53 Å². The van der Waals surface area contributed by atoms with Crippen LogP contribution in [-0.4, -0.2) is 13.0 Å². The second-order valence-electron chi connectivity index (χ2n) is 8.05. The minimum atomic E-state index is -0.686. The molecule has 1 amide bonds. The lowest BCUT2D eigenvalue weighted by molar-refractivity contribution is -0.113. The van der Waals surface area contributed by atoms with Crippen LogP contribution in [0.15, 0.2) is 94.7 Å². The largest absolute Gasteiger partial charge is 0.495 e. The van der Waals surface area contributed by atoms with E-state index in [0.29, 0.717) is 54.7 Å². The lowest BCUT2D eigenvalue weighted by Gasteiger charge is -2.30. The van der Waals surface area contributed by atoms with Crippen LogP contribution in [0.1, 0.15) is 24.0 Å². The highest BCUT2D eigenvalue weighted by molar-refractivity contribution is 8.02. The van der Waals surface area contributed by atoms with Gasteiger partial charge in [-0.2, -0.15) is 5.26 Å². The predicted octanol–water partition coefficient (Wildman–Crippen LogP) is 7.27. The number of hydrogen-bond acceptors (Lipinski definition) is 5. The molecule has 8 heteroatoms. The van der Waals surface area contributed by atoms with Crippen molar-refractivity contribution in [3.05, 3.63) is 116 Å². The zero-order valence-corrected chi connectivity index (χ0v) is 22.0. The molecule has 1 heterocycles. The van der Waals surface area contributed by atoms with Gasteiger partial charge in [-0.15, -0.1) is 11.8 Å². The Morgan fingerprint density at radius 3 is 2.53 bits per heavy atom. The molecular formula is C28H23Cl2N3O2S. The van der Waals surface area contributed by atoms with Gasteiger partial charge in [-0.05, 0) is 42.3 Å². The van der Waals surface area contributed by atoms with Crippen molar-refractivity contribution in [1.29, 1.82) is 5.26 Å². The van der Waals surface area contributed by atoms with E-state index in [1.807, 2.05) is 49.4 Å². The zero-order valence-electron chi connectivity index (χ0n) is 19.6. The highest BCUT2D eigenvalue weighted by atomic mass is 35.5. The minimum absolute atomic E-state index is 0.361. The van der Waals surface area contributed by atoms with Gasteiger partial charge in [0.25, 0.3) is 5.91 Å². The number of hydrogen-bond donors (Lipinski definition) is 2. The number of allylic oxidation sites excluding steroid dienone is 2. The van der Waals surface area contributed by atoms with Crippen LogP contribution >= 0.6 is 35.0 Å². The van der Waals surface area contributed by atoms with Crippen molar-refractivity contribution >= 4 is 46.6 Å². The molecule has 182 valence electrons. The molecule has 4 rings (SSSR count). The van der Waals surface area contributed by atoms with Crippen LogP contribution in [0.4, 0.5) is 5.69 Å². The molecule has 2 N–H and O–H groups in total. The number of nitrogens with one attached hydrogen (secondary N) is 2. The lowest BCUT2D eigenvalue weighted by atomic mass is 9.82. The molecule has 0 fully saturated rings. The molecule has 3 aromatic rings. The smallest absolute Gasteiger partial charge is 0.254 e. The average Bonchev–Trinajstić information content (AvgIpc) is 2.88. The Balaban J connectivity index is 1.77. The van der Waals surface area contributed by atoms with E-state index >= 15 is 0 Å². The minimum Gasteiger partial charge on any atom is -0.495 e. The highest BCUT2D eigenvalue weighted by Crippen LogP contribution is 2.44. The molecule has 0 saturated heterocycles. The predicted molar refractivity (Wildman–Crippen MR) is 147 cm³/mol. The summed E-state index contributed by atoms with van der Waals surface area (Å²) in [5, 5.41) is 18.1. The first-order chi connectivity index (χ1) is 17.4. The van der Waals surface area contributed by atoms with E-state index in [9.17, 15) is 10.1 Å². The number of halogens is 2. The first-order valence-corrected chi connectivity index (χ1v) is 12.8. The molecule has 0 radical (unpaired) electrons. The van der Waals surface area contributed by atoms with Crippen LogP contribution in [0.25, 0.3) is 0 Å². The molecule has 0 saturated carbocycles. The molecule has 1 aliphatic heterocycles. The van der Waals surface area contributed by atoms with Crippen LogP contribution in [0, 0.1) is 11.3 Å². The molecule has 1 unspecified atom stereocenters. The zero-order chi connectivity index (χ0) is 25.7. The summed E-state index contributed by atoms with van der Waals surface area (Å²) >= 11 is 14.3. The van der Waals surface area contributed by atoms with Crippen molar-refractivity contribution in [2.75, 3.05) is 12.4 Å². The number of nitrogens with zero attached hydrogens (tertiary/aromatic N) is 1. The number of nitriles is 1. The summed E-state index contributed by atoms with van der Waals surface area (Å²) in [6, 6.07) is 24.6. The van der Waals surface area contributed by atoms with Gasteiger partial charge in [-0.3, -0.25) is 4.79 Å². The number of carbonyl (C=O) groups is 1. The van der Waals surface area contributed by atoms with Crippen molar-refractivity contribution in [2.45, 2.75) is 18.6 Å². The first kappa shape index (κ1) is 25.7. The highest BCUT2D eigenvalue weighted by Gasteiger charge is 2.36. The van der Waals surface area contributed by atoms with Crippen LogP contribution < -0.4 is 15.4 Å². The Bertz CT molecular complexity index is 1400. The normalized spacial score (nSPS) is 15.2. The maximum absolute atomic E-state index is 13.7. The third-order valence-corrected chi connectivity index (χ3v) is 7.40. The molecule has 1 atom stereocenters. The third kappa shape index (κ3) is 5.55. The molecular weight excluding hydrogens is 513 g/mol. The Morgan fingerprint density at radius 2 is 1.83 bits per heavy atom. The summed E-state index contributed by atoms with van der Waals surface area (Å²) in [5.74, 6) is 0.143. The summed E-state index contributed by atoms with van der Waals surface area (Å²) in [6.45, 7) is 1.82. The van der Waals surface area contributed by atoms with Gasteiger partial charge in [0.15, 0.2) is 0 Å². The lowest BCUT2D eigenvalue weighted by Crippen LogP contribution is -2.31. The topological polar surface area (TPSA) is 74.2 Å². The van der Waals surface area contributed by atoms with E-state index < -0.39 is 5.92 Å². The fraction of sp³-hybridized carbons (Fsp3) is 0.143. The number of amides is 1. The third-order valence-electron chi connectivity index (χ3n) is 5.75. The van der Waals surface area contributed by atoms with Gasteiger partial charge in [-0.25, -0.2) is 0 Å². The second-order valence-corrected chi connectivity index (χ2v) is 9.88. The summed E-state index contributed by atoms with van der Waals surface area (Å²) in [7, 11) is 1.54. The number of rotatable bonds is 7. The van der Waals surface area contributed by atoms with E-state index in [1.54, 1.807) is 37.4 Å². The Kier molecular flexibility index (Phi) is 8.27. The summed E-state index contributed by atoms with van der Waals surface area (Å²) in [4.78, 5) is 13.7. The number of para-hydroxylation sites is 2. The van der Waals surface area contributed by atoms with Gasteiger partial charge in [0.05, 0.1) is 35.4 Å². The number of thioether (sulfide) groups is 1. The van der Waals surface area contributed by atoms with Gasteiger partial charge in [0.1, 0.15) is 5.75 Å². The average molecular weight is 536 g/mol. The van der Waals surface area contributed by atoms with Gasteiger partial charge < -0.3 is 15.4 Å². The van der Waals surface area contributed by atoms with Crippen LogP contribution in [0.3, 0.4) is 0 Å². The molecule has 3 aromatic carbocycles. The molecule has 0 aromatic heterocycles. The number of ether oxygens (including phenoxy) is 1. The van der Waals surface area contributed by atoms with Gasteiger partial charge in [-0.1, -0.05) is 71.7 Å². The summed E-state index contributed by atoms with van der Waals surface area (Å²) in [5.41, 5.74) is 3.71. The fourth-order valence-corrected chi connectivity index (χ4v) is 5.61. The van der Waals surface area contributed by atoms with Crippen LogP contribution in [-0.2, 0) is 10.5 Å². The number of carbonyl (C=O) groups excluding carboxylic acids is 1. The number of dihydropyridines is 1. The number of methoxy groups -OCH3 is 1. The van der Waals surface area contributed by atoms with E-state index in [2.05, 4.69) is 16.7 Å². The fourth-order valence-electron chi connectivity index (χ4n) is 4.04. The van der Waals surface area contributed by atoms with Crippen molar-refractivity contribution in [2.24, 2.45) is 0 Å². The maximum atomic E-state index is 13.7. The SMILES string of the molecule is COc1ccccc1NC(=O)C1=C(C)NC(SCc2ccccc2)=C(C#N)C1c1ccc(Cl)cc1Cl.